The van der Waals surface area contributed by atoms with E-state index in [1.54, 1.807) is 7.11 Å². The van der Waals surface area contributed by atoms with E-state index in [1.165, 1.54) is 24.8 Å². The standard InChI is InChI=1S/C23H30N2O2/c1-17-11-12-19(15-18(17)2)23(26)24-16-21(25-13-7-4-8-14-25)20-9-5-6-10-22(20)27-3/h5-6,9-12,15,21H,4,7-8,13-14,16H2,1-3H3,(H,24,26). The normalized spacial score (nSPS) is 16.0. The monoisotopic (exact) mass is 366 g/mol. The first kappa shape index (κ1) is 19.4. The summed E-state index contributed by atoms with van der Waals surface area (Å²) < 4.78 is 5.60. The zero-order valence-electron chi connectivity index (χ0n) is 16.6. The molecule has 2 aromatic carbocycles. The van der Waals surface area contributed by atoms with Crippen LogP contribution in [0.25, 0.3) is 0 Å². The molecule has 1 fully saturated rings. The summed E-state index contributed by atoms with van der Waals surface area (Å²) in [5.74, 6) is 0.864. The van der Waals surface area contributed by atoms with Gasteiger partial charge in [0.15, 0.2) is 0 Å². The number of rotatable bonds is 6. The predicted molar refractivity (Wildman–Crippen MR) is 109 cm³/mol. The first-order chi connectivity index (χ1) is 13.1. The number of hydrogen-bond acceptors (Lipinski definition) is 3. The molecule has 144 valence electrons. The highest BCUT2D eigenvalue weighted by atomic mass is 16.5. The average molecular weight is 367 g/mol. The van der Waals surface area contributed by atoms with Crippen molar-refractivity contribution < 1.29 is 9.53 Å². The lowest BCUT2D eigenvalue weighted by Crippen LogP contribution is -2.40. The van der Waals surface area contributed by atoms with E-state index in [4.69, 9.17) is 4.74 Å². The number of ether oxygens (including phenoxy) is 1. The molecule has 0 aromatic heterocycles. The summed E-state index contributed by atoms with van der Waals surface area (Å²) in [7, 11) is 1.71. The van der Waals surface area contributed by atoms with Crippen molar-refractivity contribution >= 4 is 5.91 Å². The van der Waals surface area contributed by atoms with E-state index >= 15 is 0 Å². The van der Waals surface area contributed by atoms with Crippen LogP contribution in [0.3, 0.4) is 0 Å². The number of nitrogens with zero attached hydrogens (tertiary/aromatic N) is 1. The SMILES string of the molecule is COc1ccccc1C(CNC(=O)c1ccc(C)c(C)c1)N1CCCCC1. The van der Waals surface area contributed by atoms with Gasteiger partial charge in [-0.25, -0.2) is 0 Å². The van der Waals surface area contributed by atoms with Gasteiger partial charge < -0.3 is 10.1 Å². The van der Waals surface area contributed by atoms with Crippen molar-refractivity contribution in [3.05, 3.63) is 64.7 Å². The Bertz CT molecular complexity index is 782. The maximum atomic E-state index is 12.7. The predicted octanol–water partition coefficient (Wildman–Crippen LogP) is 4.27. The van der Waals surface area contributed by atoms with Crippen molar-refractivity contribution in [2.75, 3.05) is 26.7 Å². The number of carbonyl (C=O) groups excluding carboxylic acids is 1. The first-order valence-corrected chi connectivity index (χ1v) is 9.82. The van der Waals surface area contributed by atoms with Crippen LogP contribution in [0.4, 0.5) is 0 Å². The van der Waals surface area contributed by atoms with Gasteiger partial charge in [0.25, 0.3) is 5.91 Å². The fourth-order valence-electron chi connectivity index (χ4n) is 3.78. The molecule has 0 spiro atoms. The molecule has 4 nitrogen and oxygen atoms in total. The van der Waals surface area contributed by atoms with E-state index in [2.05, 4.69) is 23.2 Å². The molecule has 27 heavy (non-hydrogen) atoms. The molecule has 4 heteroatoms. The molecule has 1 atom stereocenters. The van der Waals surface area contributed by atoms with Crippen LogP contribution in [-0.4, -0.2) is 37.6 Å². The number of methoxy groups -OCH3 is 1. The van der Waals surface area contributed by atoms with Crippen LogP contribution >= 0.6 is 0 Å². The van der Waals surface area contributed by atoms with E-state index in [9.17, 15) is 4.79 Å². The minimum atomic E-state index is -0.0185. The number of nitrogens with one attached hydrogen (secondary N) is 1. The molecule has 1 aliphatic heterocycles. The molecule has 0 radical (unpaired) electrons. The third kappa shape index (κ3) is 4.69. The van der Waals surface area contributed by atoms with Gasteiger partial charge in [0.1, 0.15) is 5.75 Å². The Hall–Kier alpha value is -2.33. The molecule has 1 N–H and O–H groups in total. The third-order valence-electron chi connectivity index (χ3n) is 5.55. The number of piperidine rings is 1. The topological polar surface area (TPSA) is 41.6 Å². The van der Waals surface area contributed by atoms with Gasteiger partial charge in [-0.1, -0.05) is 30.7 Å². The van der Waals surface area contributed by atoms with Gasteiger partial charge in [-0.3, -0.25) is 9.69 Å². The molecule has 1 unspecified atom stereocenters. The molecule has 1 amide bonds. The summed E-state index contributed by atoms with van der Waals surface area (Å²) in [6.45, 7) is 6.79. The average Bonchev–Trinajstić information content (AvgIpc) is 2.71. The zero-order chi connectivity index (χ0) is 19.2. The molecule has 0 aliphatic carbocycles. The highest BCUT2D eigenvalue weighted by Gasteiger charge is 2.25. The van der Waals surface area contributed by atoms with Gasteiger partial charge in [0.05, 0.1) is 13.2 Å². The summed E-state index contributed by atoms with van der Waals surface area (Å²) in [4.78, 5) is 15.2. The van der Waals surface area contributed by atoms with Gasteiger partial charge in [0, 0.05) is 17.7 Å². The maximum Gasteiger partial charge on any atom is 0.251 e. The zero-order valence-corrected chi connectivity index (χ0v) is 16.6. The van der Waals surface area contributed by atoms with Gasteiger partial charge in [-0.2, -0.15) is 0 Å². The number of para-hydroxylation sites is 1. The van der Waals surface area contributed by atoms with E-state index in [0.717, 1.165) is 35.5 Å². The number of hydrogen-bond donors (Lipinski definition) is 1. The Morgan fingerprint density at radius 3 is 2.52 bits per heavy atom. The molecule has 1 aliphatic rings. The number of carbonyl (C=O) groups is 1. The Balaban J connectivity index is 1.78. The molecule has 0 bridgehead atoms. The lowest BCUT2D eigenvalue weighted by atomic mass is 10.00. The maximum absolute atomic E-state index is 12.7. The van der Waals surface area contributed by atoms with E-state index in [1.807, 2.05) is 43.3 Å². The molecule has 2 aromatic rings. The fourth-order valence-corrected chi connectivity index (χ4v) is 3.78. The number of aryl methyl sites for hydroxylation is 2. The van der Waals surface area contributed by atoms with Crippen LogP contribution < -0.4 is 10.1 Å². The van der Waals surface area contributed by atoms with Crippen LogP contribution in [0, 0.1) is 13.8 Å². The van der Waals surface area contributed by atoms with Crippen LogP contribution in [0.1, 0.15) is 52.4 Å². The molecular formula is C23H30N2O2. The summed E-state index contributed by atoms with van der Waals surface area (Å²) in [5, 5.41) is 3.16. The van der Waals surface area contributed by atoms with E-state index in [-0.39, 0.29) is 11.9 Å². The van der Waals surface area contributed by atoms with E-state index in [0.29, 0.717) is 6.54 Å². The summed E-state index contributed by atoms with van der Waals surface area (Å²) in [6.07, 6.45) is 3.69. The van der Waals surface area contributed by atoms with Crippen molar-refractivity contribution in [3.63, 3.8) is 0 Å². The Labute approximate surface area is 162 Å². The second kappa shape index (κ2) is 9.05. The number of likely N-dealkylation sites (tertiary alicyclic amines) is 1. The van der Waals surface area contributed by atoms with Crippen LogP contribution in [0.2, 0.25) is 0 Å². The van der Waals surface area contributed by atoms with Gasteiger partial charge in [0.2, 0.25) is 0 Å². The van der Waals surface area contributed by atoms with Crippen molar-refractivity contribution in [1.82, 2.24) is 10.2 Å². The quantitative estimate of drug-likeness (QED) is 0.830. The summed E-state index contributed by atoms with van der Waals surface area (Å²) in [6, 6.07) is 14.1. The molecular weight excluding hydrogens is 336 g/mol. The number of benzene rings is 2. The second-order valence-corrected chi connectivity index (χ2v) is 7.36. The van der Waals surface area contributed by atoms with Crippen LogP contribution in [-0.2, 0) is 0 Å². The third-order valence-corrected chi connectivity index (χ3v) is 5.55. The summed E-state index contributed by atoms with van der Waals surface area (Å²) in [5.41, 5.74) is 4.20. The molecule has 0 saturated carbocycles. The van der Waals surface area contributed by atoms with Gasteiger partial charge in [-0.05, 0) is 69.1 Å². The highest BCUT2D eigenvalue weighted by molar-refractivity contribution is 5.94. The minimum absolute atomic E-state index is 0.0185. The Morgan fingerprint density at radius 2 is 1.81 bits per heavy atom. The lowest BCUT2D eigenvalue weighted by Gasteiger charge is -2.35. The Kier molecular flexibility index (Phi) is 6.51. The minimum Gasteiger partial charge on any atom is -0.496 e. The van der Waals surface area contributed by atoms with Gasteiger partial charge >= 0.3 is 0 Å². The fraction of sp³-hybridized carbons (Fsp3) is 0.435. The molecule has 3 rings (SSSR count). The van der Waals surface area contributed by atoms with Crippen LogP contribution in [0.5, 0.6) is 5.75 Å². The van der Waals surface area contributed by atoms with E-state index < -0.39 is 0 Å². The van der Waals surface area contributed by atoms with Gasteiger partial charge in [-0.15, -0.1) is 0 Å². The van der Waals surface area contributed by atoms with Crippen molar-refractivity contribution in [2.24, 2.45) is 0 Å². The van der Waals surface area contributed by atoms with Crippen LogP contribution in [0.15, 0.2) is 42.5 Å². The lowest BCUT2D eigenvalue weighted by molar-refractivity contribution is 0.0923. The van der Waals surface area contributed by atoms with Crippen molar-refractivity contribution in [1.29, 1.82) is 0 Å². The molecule has 1 heterocycles. The van der Waals surface area contributed by atoms with Crippen molar-refractivity contribution in [3.8, 4) is 5.75 Å². The summed E-state index contributed by atoms with van der Waals surface area (Å²) >= 11 is 0. The molecule has 1 saturated heterocycles. The smallest absolute Gasteiger partial charge is 0.251 e. The largest absolute Gasteiger partial charge is 0.496 e. The Morgan fingerprint density at radius 1 is 1.07 bits per heavy atom. The first-order valence-electron chi connectivity index (χ1n) is 9.82. The second-order valence-electron chi connectivity index (χ2n) is 7.36. The number of amides is 1. The highest BCUT2D eigenvalue weighted by Crippen LogP contribution is 2.31. The van der Waals surface area contributed by atoms with Crippen molar-refractivity contribution in [2.45, 2.75) is 39.2 Å².